The van der Waals surface area contributed by atoms with Crippen LogP contribution in [0.1, 0.15) is 37.7 Å². The third-order valence-corrected chi connectivity index (χ3v) is 5.28. The van der Waals surface area contributed by atoms with Crippen molar-refractivity contribution in [2.75, 3.05) is 26.2 Å². The molecule has 23 heavy (non-hydrogen) atoms. The maximum absolute atomic E-state index is 12.7. The maximum atomic E-state index is 12.7. The van der Waals surface area contributed by atoms with Crippen molar-refractivity contribution >= 4 is 5.91 Å². The van der Waals surface area contributed by atoms with Crippen molar-refractivity contribution in [3.63, 3.8) is 0 Å². The molecule has 4 heteroatoms. The molecule has 0 bridgehead atoms. The molecule has 2 fully saturated rings. The number of benzene rings is 1. The highest BCUT2D eigenvalue weighted by Crippen LogP contribution is 2.21. The molecular formula is C19H29N3O. The number of hydrogen-bond acceptors (Lipinski definition) is 3. The van der Waals surface area contributed by atoms with E-state index < -0.39 is 6.04 Å². The molecule has 1 aromatic rings. The summed E-state index contributed by atoms with van der Waals surface area (Å²) >= 11 is 0. The van der Waals surface area contributed by atoms with Crippen molar-refractivity contribution in [2.24, 2.45) is 5.73 Å². The number of likely N-dealkylation sites (tertiary alicyclic amines) is 2. The molecule has 0 spiro atoms. The molecule has 2 saturated heterocycles. The summed E-state index contributed by atoms with van der Waals surface area (Å²) in [4.78, 5) is 17.3. The van der Waals surface area contributed by atoms with Crippen molar-refractivity contribution in [1.29, 1.82) is 0 Å². The lowest BCUT2D eigenvalue weighted by atomic mass is 10.1. The number of carbonyl (C=O) groups excluding carboxylic acids is 1. The van der Waals surface area contributed by atoms with Gasteiger partial charge in [0, 0.05) is 19.1 Å². The Labute approximate surface area is 139 Å². The van der Waals surface area contributed by atoms with Gasteiger partial charge in [0.15, 0.2) is 0 Å². The van der Waals surface area contributed by atoms with Crippen LogP contribution in [-0.4, -0.2) is 54.0 Å². The summed E-state index contributed by atoms with van der Waals surface area (Å²) in [7, 11) is 0. The Morgan fingerprint density at radius 3 is 2.52 bits per heavy atom. The minimum absolute atomic E-state index is 0.121. The predicted octanol–water partition coefficient (Wildman–Crippen LogP) is 2.03. The number of nitrogens with two attached hydrogens (primary N) is 1. The van der Waals surface area contributed by atoms with Gasteiger partial charge < -0.3 is 15.5 Å². The van der Waals surface area contributed by atoms with Gasteiger partial charge in [-0.15, -0.1) is 0 Å². The molecule has 2 heterocycles. The van der Waals surface area contributed by atoms with Crippen LogP contribution in [-0.2, 0) is 11.2 Å². The second-order valence-electron chi connectivity index (χ2n) is 6.95. The quantitative estimate of drug-likeness (QED) is 0.925. The van der Waals surface area contributed by atoms with E-state index in [2.05, 4.69) is 4.90 Å². The van der Waals surface area contributed by atoms with Crippen molar-refractivity contribution < 1.29 is 4.79 Å². The lowest BCUT2D eigenvalue weighted by molar-refractivity contribution is -0.132. The van der Waals surface area contributed by atoms with E-state index >= 15 is 0 Å². The zero-order chi connectivity index (χ0) is 16.1. The molecule has 1 aromatic carbocycles. The molecule has 0 radical (unpaired) electrons. The largest absolute Gasteiger partial charge is 0.341 e. The minimum Gasteiger partial charge on any atom is -0.341 e. The zero-order valence-electron chi connectivity index (χ0n) is 14.0. The molecule has 0 aliphatic carbocycles. The summed E-state index contributed by atoms with van der Waals surface area (Å²) in [5.41, 5.74) is 7.32. The first-order valence-corrected chi connectivity index (χ1v) is 9.06. The average molecular weight is 315 g/mol. The van der Waals surface area contributed by atoms with Crippen LogP contribution < -0.4 is 5.73 Å². The van der Waals surface area contributed by atoms with Gasteiger partial charge in [0.2, 0.25) is 5.91 Å². The third kappa shape index (κ3) is 4.33. The first-order chi connectivity index (χ1) is 11.2. The van der Waals surface area contributed by atoms with Crippen LogP contribution in [0.2, 0.25) is 0 Å². The summed E-state index contributed by atoms with van der Waals surface area (Å²) in [5, 5.41) is 0. The molecule has 126 valence electrons. The number of rotatable bonds is 4. The van der Waals surface area contributed by atoms with Crippen LogP contribution in [0.25, 0.3) is 0 Å². The summed E-state index contributed by atoms with van der Waals surface area (Å²) < 4.78 is 0. The number of hydrogen-bond donors (Lipinski definition) is 1. The third-order valence-electron chi connectivity index (χ3n) is 5.28. The smallest absolute Gasteiger partial charge is 0.239 e. The monoisotopic (exact) mass is 315 g/mol. The summed E-state index contributed by atoms with van der Waals surface area (Å²) in [6.45, 7) is 4.21. The van der Waals surface area contributed by atoms with Gasteiger partial charge in [0.25, 0.3) is 0 Å². The Morgan fingerprint density at radius 2 is 1.78 bits per heavy atom. The molecule has 0 saturated carbocycles. The summed E-state index contributed by atoms with van der Waals surface area (Å²) in [6.07, 6.45) is 6.72. The van der Waals surface area contributed by atoms with E-state index in [1.807, 2.05) is 35.2 Å². The fourth-order valence-electron chi connectivity index (χ4n) is 3.96. The van der Waals surface area contributed by atoms with E-state index in [9.17, 15) is 4.79 Å². The normalized spacial score (nSPS) is 24.4. The van der Waals surface area contributed by atoms with Crippen molar-refractivity contribution in [3.8, 4) is 0 Å². The molecule has 4 nitrogen and oxygen atoms in total. The fourth-order valence-corrected chi connectivity index (χ4v) is 3.96. The SMILES string of the molecule is NC(Cc1ccccc1)C(=O)N1CCCC(N2CCCC2)CC1. The van der Waals surface area contributed by atoms with Gasteiger partial charge in [-0.05, 0) is 57.2 Å². The van der Waals surface area contributed by atoms with Crippen molar-refractivity contribution in [3.05, 3.63) is 35.9 Å². The van der Waals surface area contributed by atoms with Crippen LogP contribution in [0.15, 0.2) is 30.3 Å². The Balaban J connectivity index is 1.53. The first kappa shape index (κ1) is 16.5. The van der Waals surface area contributed by atoms with E-state index in [1.165, 1.54) is 32.4 Å². The summed E-state index contributed by atoms with van der Waals surface area (Å²) in [6, 6.07) is 10.3. The fraction of sp³-hybridized carbons (Fsp3) is 0.632. The Hall–Kier alpha value is -1.39. The predicted molar refractivity (Wildman–Crippen MR) is 93.1 cm³/mol. The van der Waals surface area contributed by atoms with Gasteiger partial charge in [-0.2, -0.15) is 0 Å². The van der Waals surface area contributed by atoms with Crippen LogP contribution in [0.5, 0.6) is 0 Å². The van der Waals surface area contributed by atoms with E-state index in [0.717, 1.165) is 31.5 Å². The molecular weight excluding hydrogens is 286 g/mol. The van der Waals surface area contributed by atoms with Gasteiger partial charge >= 0.3 is 0 Å². The average Bonchev–Trinajstić information content (AvgIpc) is 3.00. The van der Waals surface area contributed by atoms with E-state index in [1.54, 1.807) is 0 Å². The van der Waals surface area contributed by atoms with Gasteiger partial charge in [0.1, 0.15) is 0 Å². The van der Waals surface area contributed by atoms with Gasteiger partial charge in [-0.3, -0.25) is 4.79 Å². The van der Waals surface area contributed by atoms with Crippen LogP contribution in [0, 0.1) is 0 Å². The molecule has 1 amide bonds. The van der Waals surface area contributed by atoms with E-state index in [-0.39, 0.29) is 5.91 Å². The first-order valence-electron chi connectivity index (χ1n) is 9.06. The molecule has 2 aliphatic heterocycles. The van der Waals surface area contributed by atoms with Gasteiger partial charge in [-0.25, -0.2) is 0 Å². The molecule has 2 aliphatic rings. The van der Waals surface area contributed by atoms with Gasteiger partial charge in [0.05, 0.1) is 6.04 Å². The molecule has 2 atom stereocenters. The number of nitrogens with zero attached hydrogens (tertiary/aromatic N) is 2. The second kappa shape index (κ2) is 7.93. The lowest BCUT2D eigenvalue weighted by Crippen LogP contribution is -2.45. The van der Waals surface area contributed by atoms with E-state index in [4.69, 9.17) is 5.73 Å². The van der Waals surface area contributed by atoms with Crippen LogP contribution >= 0.6 is 0 Å². The maximum Gasteiger partial charge on any atom is 0.239 e. The Kier molecular flexibility index (Phi) is 5.68. The molecule has 0 aromatic heterocycles. The lowest BCUT2D eigenvalue weighted by Gasteiger charge is -2.27. The second-order valence-corrected chi connectivity index (χ2v) is 6.95. The van der Waals surface area contributed by atoms with Crippen molar-refractivity contribution in [2.45, 2.75) is 50.6 Å². The van der Waals surface area contributed by atoms with Crippen LogP contribution in [0.3, 0.4) is 0 Å². The summed E-state index contributed by atoms with van der Waals surface area (Å²) in [5.74, 6) is 0.121. The number of amides is 1. The molecule has 2 N–H and O–H groups in total. The topological polar surface area (TPSA) is 49.6 Å². The van der Waals surface area contributed by atoms with Crippen molar-refractivity contribution in [1.82, 2.24) is 9.80 Å². The Bertz CT molecular complexity index is 499. The zero-order valence-corrected chi connectivity index (χ0v) is 14.0. The highest BCUT2D eigenvalue weighted by molar-refractivity contribution is 5.82. The molecule has 2 unspecified atom stereocenters. The minimum atomic E-state index is -0.416. The highest BCUT2D eigenvalue weighted by Gasteiger charge is 2.28. The number of carbonyl (C=O) groups is 1. The van der Waals surface area contributed by atoms with E-state index in [0.29, 0.717) is 12.5 Å². The van der Waals surface area contributed by atoms with Gasteiger partial charge in [-0.1, -0.05) is 30.3 Å². The standard InChI is InChI=1S/C19H29N3O/c20-18(15-16-7-2-1-3-8-16)19(23)22-13-6-9-17(10-14-22)21-11-4-5-12-21/h1-3,7-8,17-18H,4-6,9-15,20H2. The highest BCUT2D eigenvalue weighted by atomic mass is 16.2. The molecule has 3 rings (SSSR count). The van der Waals surface area contributed by atoms with Crippen LogP contribution in [0.4, 0.5) is 0 Å². The Morgan fingerprint density at radius 1 is 1.04 bits per heavy atom.